The van der Waals surface area contributed by atoms with E-state index in [-0.39, 0.29) is 18.3 Å². The minimum absolute atomic E-state index is 0.257. The van der Waals surface area contributed by atoms with Crippen LogP contribution in [-0.4, -0.2) is 18.3 Å². The first-order chi connectivity index (χ1) is 9.82. The molecule has 3 heteroatoms. The van der Waals surface area contributed by atoms with Crippen LogP contribution in [0, 0.1) is 6.92 Å². The van der Waals surface area contributed by atoms with Gasteiger partial charge in [0.15, 0.2) is 0 Å². The Morgan fingerprint density at radius 1 is 1.05 bits per heavy atom. The Labute approximate surface area is 128 Å². The Hall–Kier alpha value is -1.06. The monoisotopic (exact) mass is 284 g/mol. The Bertz CT molecular complexity index is 571. The molecule has 3 rings (SSSR count). The third kappa shape index (κ3) is 2.47. The predicted molar refractivity (Wildman–Crippen MR) is 88.2 cm³/mol. The van der Waals surface area contributed by atoms with Gasteiger partial charge in [0, 0.05) is 0 Å². The average Bonchev–Trinajstić information content (AvgIpc) is 2.55. The van der Waals surface area contributed by atoms with Gasteiger partial charge in [0.2, 0.25) is 0 Å². The molecule has 1 aromatic carbocycles. The minimum Gasteiger partial charge on any atom is -0.399 e. The van der Waals surface area contributed by atoms with Crippen molar-refractivity contribution in [2.45, 2.75) is 65.1 Å². The topological polar surface area (TPSA) is 18.5 Å². The number of benzene rings is 1. The van der Waals surface area contributed by atoms with E-state index in [0.717, 1.165) is 12.8 Å². The number of hydrogen-bond acceptors (Lipinski definition) is 2. The van der Waals surface area contributed by atoms with Crippen LogP contribution in [0.25, 0.3) is 5.47 Å². The first-order valence-corrected chi connectivity index (χ1v) is 7.96. The molecule has 0 unspecified atom stereocenters. The summed E-state index contributed by atoms with van der Waals surface area (Å²) in [5.74, 6) is 0. The Morgan fingerprint density at radius 3 is 2.38 bits per heavy atom. The van der Waals surface area contributed by atoms with Gasteiger partial charge in [-0.3, -0.25) is 0 Å². The highest BCUT2D eigenvalue weighted by molar-refractivity contribution is 6.69. The zero-order valence-corrected chi connectivity index (χ0v) is 13.8. The fraction of sp³-hybridized carbons (Fsp3) is 0.556. The van der Waals surface area contributed by atoms with Crippen molar-refractivity contribution in [3.05, 3.63) is 41.0 Å². The molecule has 0 bridgehead atoms. The van der Waals surface area contributed by atoms with E-state index < -0.39 is 0 Å². The van der Waals surface area contributed by atoms with Crippen LogP contribution in [0.1, 0.15) is 57.2 Å². The summed E-state index contributed by atoms with van der Waals surface area (Å²) in [6.07, 6.45) is 5.74. The molecule has 1 aliphatic heterocycles. The predicted octanol–water partition coefficient (Wildman–Crippen LogP) is 4.35. The van der Waals surface area contributed by atoms with E-state index in [9.17, 15) is 0 Å². The lowest BCUT2D eigenvalue weighted by Gasteiger charge is -2.32. The van der Waals surface area contributed by atoms with E-state index in [1.54, 1.807) is 0 Å². The Morgan fingerprint density at radius 2 is 1.71 bits per heavy atom. The van der Waals surface area contributed by atoms with E-state index in [0.29, 0.717) is 0 Å². The summed E-state index contributed by atoms with van der Waals surface area (Å²) in [7, 11) is -0.257. The summed E-state index contributed by atoms with van der Waals surface area (Å²) in [6.45, 7) is 10.6. The van der Waals surface area contributed by atoms with Gasteiger partial charge in [0.25, 0.3) is 0 Å². The summed E-state index contributed by atoms with van der Waals surface area (Å²) in [4.78, 5) is 0. The lowest BCUT2D eigenvalue weighted by Crippen LogP contribution is -2.41. The molecule has 1 aromatic rings. The Kier molecular flexibility index (Phi) is 3.54. The van der Waals surface area contributed by atoms with Gasteiger partial charge >= 0.3 is 7.12 Å². The number of rotatable bonds is 1. The lowest BCUT2D eigenvalue weighted by atomic mass is 9.71. The molecule has 0 spiro atoms. The molecule has 2 nitrogen and oxygen atoms in total. The number of hydrogen-bond donors (Lipinski definition) is 0. The standard InChI is InChI=1S/C18H25BO2/c1-13-9-8-11-14-10-6-7-12-15(16(13)14)19-20-17(2,3)18(4,5)21-19/h8-9,11-12H,6-7,10H2,1-5H3. The van der Waals surface area contributed by atoms with E-state index in [1.807, 2.05) is 0 Å². The van der Waals surface area contributed by atoms with Crippen LogP contribution >= 0.6 is 0 Å². The van der Waals surface area contributed by atoms with Crippen molar-refractivity contribution < 1.29 is 9.31 Å². The maximum atomic E-state index is 6.28. The highest BCUT2D eigenvalue weighted by Gasteiger charge is 2.52. The highest BCUT2D eigenvalue weighted by atomic mass is 16.7. The molecule has 1 heterocycles. The molecule has 0 atom stereocenters. The van der Waals surface area contributed by atoms with Gasteiger partial charge in [0.05, 0.1) is 11.2 Å². The zero-order valence-electron chi connectivity index (χ0n) is 13.8. The van der Waals surface area contributed by atoms with Gasteiger partial charge in [-0.2, -0.15) is 0 Å². The van der Waals surface area contributed by atoms with Gasteiger partial charge in [-0.25, -0.2) is 0 Å². The van der Waals surface area contributed by atoms with Crippen LogP contribution in [0.3, 0.4) is 0 Å². The van der Waals surface area contributed by atoms with Crippen LogP contribution in [0.4, 0.5) is 0 Å². The summed E-state index contributed by atoms with van der Waals surface area (Å²) in [5, 5.41) is 0. The largest absolute Gasteiger partial charge is 0.495 e. The molecule has 0 N–H and O–H groups in total. The van der Waals surface area contributed by atoms with Crippen molar-refractivity contribution in [2.24, 2.45) is 0 Å². The Balaban J connectivity index is 2.03. The van der Waals surface area contributed by atoms with Crippen LogP contribution in [-0.2, 0) is 15.7 Å². The number of aryl methyl sites for hydroxylation is 2. The van der Waals surface area contributed by atoms with Crippen molar-refractivity contribution in [3.63, 3.8) is 0 Å². The molecule has 0 aromatic heterocycles. The summed E-state index contributed by atoms with van der Waals surface area (Å²) in [6, 6.07) is 6.58. The molecule has 0 radical (unpaired) electrons. The molecule has 0 amide bonds. The first-order valence-electron chi connectivity index (χ1n) is 7.96. The normalized spacial score (nSPS) is 23.5. The van der Waals surface area contributed by atoms with Crippen molar-refractivity contribution >= 4 is 12.6 Å². The summed E-state index contributed by atoms with van der Waals surface area (Å²) in [5.41, 5.74) is 4.73. The van der Waals surface area contributed by atoms with Crippen molar-refractivity contribution in [3.8, 4) is 0 Å². The van der Waals surface area contributed by atoms with E-state index in [1.165, 1.54) is 28.6 Å². The smallest absolute Gasteiger partial charge is 0.399 e. The van der Waals surface area contributed by atoms with Crippen molar-refractivity contribution in [1.82, 2.24) is 0 Å². The quantitative estimate of drug-likeness (QED) is 0.714. The maximum Gasteiger partial charge on any atom is 0.495 e. The number of allylic oxidation sites excluding steroid dienone is 1. The average molecular weight is 284 g/mol. The van der Waals surface area contributed by atoms with Crippen LogP contribution < -0.4 is 0 Å². The second-order valence-corrected chi connectivity index (χ2v) is 7.25. The minimum atomic E-state index is -0.284. The van der Waals surface area contributed by atoms with Crippen LogP contribution in [0.15, 0.2) is 24.3 Å². The highest BCUT2D eigenvalue weighted by Crippen LogP contribution is 2.42. The number of fused-ring (bicyclic) bond motifs is 1. The molecule has 0 saturated carbocycles. The van der Waals surface area contributed by atoms with Gasteiger partial charge < -0.3 is 9.31 Å². The molecule has 1 fully saturated rings. The van der Waals surface area contributed by atoms with Gasteiger partial charge in [-0.05, 0) is 76.0 Å². The van der Waals surface area contributed by atoms with Gasteiger partial charge in [-0.15, -0.1) is 0 Å². The van der Waals surface area contributed by atoms with Crippen molar-refractivity contribution in [1.29, 1.82) is 0 Å². The van der Waals surface area contributed by atoms with Crippen LogP contribution in [0.5, 0.6) is 0 Å². The fourth-order valence-corrected chi connectivity index (χ4v) is 3.19. The third-order valence-corrected chi connectivity index (χ3v) is 5.17. The SMILES string of the molecule is Cc1cccc2c1C(B1OC(C)(C)C(C)(C)O1)=CCCC2. The van der Waals surface area contributed by atoms with Gasteiger partial charge in [-0.1, -0.05) is 24.3 Å². The summed E-state index contributed by atoms with van der Waals surface area (Å²) >= 11 is 0. The fourth-order valence-electron chi connectivity index (χ4n) is 3.19. The molecular weight excluding hydrogens is 259 g/mol. The maximum absolute atomic E-state index is 6.28. The van der Waals surface area contributed by atoms with E-state index in [2.05, 4.69) is 58.9 Å². The molecule has 2 aliphatic rings. The second kappa shape index (κ2) is 5.00. The van der Waals surface area contributed by atoms with Crippen molar-refractivity contribution in [2.75, 3.05) is 0 Å². The van der Waals surface area contributed by atoms with Crippen LogP contribution in [0.2, 0.25) is 0 Å². The zero-order chi connectivity index (χ0) is 15.3. The molecule has 21 heavy (non-hydrogen) atoms. The molecule has 112 valence electrons. The van der Waals surface area contributed by atoms with E-state index in [4.69, 9.17) is 9.31 Å². The lowest BCUT2D eigenvalue weighted by molar-refractivity contribution is 0.00578. The second-order valence-electron chi connectivity index (χ2n) is 7.25. The first kappa shape index (κ1) is 14.9. The molecular formula is C18H25BO2. The van der Waals surface area contributed by atoms with Gasteiger partial charge in [0.1, 0.15) is 0 Å². The third-order valence-electron chi connectivity index (χ3n) is 5.17. The summed E-state index contributed by atoms with van der Waals surface area (Å²) < 4.78 is 12.6. The van der Waals surface area contributed by atoms with E-state index >= 15 is 0 Å². The molecule has 1 aliphatic carbocycles. The molecule has 1 saturated heterocycles.